The molecule has 0 aliphatic carbocycles. The van der Waals surface area contributed by atoms with Gasteiger partial charge in [0.25, 0.3) is 0 Å². The molecular formula is C17H21NO2. The number of ether oxygens (including phenoxy) is 1. The molecule has 1 saturated heterocycles. The van der Waals surface area contributed by atoms with Crippen LogP contribution in [0.25, 0.3) is 10.9 Å². The van der Waals surface area contributed by atoms with Gasteiger partial charge in [0.05, 0.1) is 23.8 Å². The second-order valence-electron chi connectivity index (χ2n) is 5.68. The summed E-state index contributed by atoms with van der Waals surface area (Å²) in [6.45, 7) is 2.78. The lowest BCUT2D eigenvalue weighted by Gasteiger charge is -2.37. The summed E-state index contributed by atoms with van der Waals surface area (Å²) in [5.74, 6) is 0. The molecule has 1 N–H and O–H groups in total. The number of hydrogen-bond acceptors (Lipinski definition) is 3. The van der Waals surface area contributed by atoms with Gasteiger partial charge < -0.3 is 9.84 Å². The fourth-order valence-electron chi connectivity index (χ4n) is 3.06. The van der Waals surface area contributed by atoms with E-state index < -0.39 is 5.60 Å². The molecule has 1 aliphatic heterocycles. The van der Waals surface area contributed by atoms with E-state index in [0.717, 1.165) is 29.3 Å². The van der Waals surface area contributed by atoms with Crippen LogP contribution < -0.4 is 0 Å². The van der Waals surface area contributed by atoms with Gasteiger partial charge in [0.2, 0.25) is 0 Å². The molecule has 1 aromatic carbocycles. The van der Waals surface area contributed by atoms with Gasteiger partial charge in [-0.3, -0.25) is 4.98 Å². The average Bonchev–Trinajstić information content (AvgIpc) is 2.47. The second kappa shape index (κ2) is 5.51. The third kappa shape index (κ3) is 2.56. The molecule has 1 fully saturated rings. The molecule has 2 heterocycles. The minimum atomic E-state index is -0.774. The molecule has 3 nitrogen and oxygen atoms in total. The SMILES string of the molecule is CCCC1CC(O)(c2ccc3cccnc3c2)CCO1. The van der Waals surface area contributed by atoms with Crippen molar-refractivity contribution < 1.29 is 9.84 Å². The van der Waals surface area contributed by atoms with E-state index in [2.05, 4.69) is 11.9 Å². The molecule has 2 aromatic rings. The first kappa shape index (κ1) is 13.5. The molecule has 0 bridgehead atoms. The van der Waals surface area contributed by atoms with E-state index in [1.54, 1.807) is 6.20 Å². The summed E-state index contributed by atoms with van der Waals surface area (Å²) >= 11 is 0. The van der Waals surface area contributed by atoms with Crippen LogP contribution >= 0.6 is 0 Å². The molecule has 2 atom stereocenters. The normalized spacial score (nSPS) is 26.8. The van der Waals surface area contributed by atoms with Crippen LogP contribution in [0.15, 0.2) is 36.5 Å². The van der Waals surface area contributed by atoms with Crippen LogP contribution in [-0.2, 0) is 10.3 Å². The summed E-state index contributed by atoms with van der Waals surface area (Å²) in [7, 11) is 0. The van der Waals surface area contributed by atoms with Crippen molar-refractivity contribution in [2.24, 2.45) is 0 Å². The number of aromatic nitrogens is 1. The van der Waals surface area contributed by atoms with Crippen molar-refractivity contribution in [2.45, 2.75) is 44.3 Å². The third-order valence-corrected chi connectivity index (χ3v) is 4.19. The molecule has 1 aromatic heterocycles. The van der Waals surface area contributed by atoms with Gasteiger partial charge in [-0.1, -0.05) is 31.5 Å². The predicted molar refractivity (Wildman–Crippen MR) is 79.5 cm³/mol. The minimum Gasteiger partial charge on any atom is -0.385 e. The zero-order valence-corrected chi connectivity index (χ0v) is 11.9. The van der Waals surface area contributed by atoms with Crippen LogP contribution in [0, 0.1) is 0 Å². The minimum absolute atomic E-state index is 0.165. The molecule has 3 rings (SSSR count). The van der Waals surface area contributed by atoms with Crippen molar-refractivity contribution in [2.75, 3.05) is 6.61 Å². The Morgan fingerprint density at radius 3 is 3.15 bits per heavy atom. The van der Waals surface area contributed by atoms with E-state index in [1.165, 1.54) is 0 Å². The molecule has 0 radical (unpaired) electrons. The van der Waals surface area contributed by atoms with Crippen molar-refractivity contribution >= 4 is 10.9 Å². The number of rotatable bonds is 3. The summed E-state index contributed by atoms with van der Waals surface area (Å²) in [6, 6.07) is 10.1. The standard InChI is InChI=1S/C17H21NO2/c1-2-4-15-12-17(19,8-10-20-15)14-7-6-13-5-3-9-18-16(13)11-14/h3,5-7,9,11,15,19H,2,4,8,10,12H2,1H3. The molecule has 1 aliphatic rings. The number of nitrogens with zero attached hydrogens (tertiary/aromatic N) is 1. The Balaban J connectivity index is 1.92. The summed E-state index contributed by atoms with van der Waals surface area (Å²) in [4.78, 5) is 4.38. The first-order valence-corrected chi connectivity index (χ1v) is 7.40. The quantitative estimate of drug-likeness (QED) is 0.930. The van der Waals surface area contributed by atoms with E-state index in [1.807, 2.05) is 30.3 Å². The van der Waals surface area contributed by atoms with Gasteiger partial charge in [0.15, 0.2) is 0 Å². The Morgan fingerprint density at radius 1 is 1.40 bits per heavy atom. The van der Waals surface area contributed by atoms with Crippen molar-refractivity contribution in [1.82, 2.24) is 4.98 Å². The van der Waals surface area contributed by atoms with Crippen LogP contribution in [0.3, 0.4) is 0 Å². The summed E-state index contributed by atoms with van der Waals surface area (Å²) in [6.07, 6.45) is 5.39. The van der Waals surface area contributed by atoms with Crippen molar-refractivity contribution in [1.29, 1.82) is 0 Å². The van der Waals surface area contributed by atoms with Crippen LogP contribution in [0.2, 0.25) is 0 Å². The number of fused-ring (bicyclic) bond motifs is 1. The van der Waals surface area contributed by atoms with E-state index in [0.29, 0.717) is 19.4 Å². The summed E-state index contributed by atoms with van der Waals surface area (Å²) in [5.41, 5.74) is 1.13. The Hall–Kier alpha value is -1.45. The van der Waals surface area contributed by atoms with Gasteiger partial charge in [-0.15, -0.1) is 0 Å². The van der Waals surface area contributed by atoms with Gasteiger partial charge in [-0.25, -0.2) is 0 Å². The van der Waals surface area contributed by atoms with Gasteiger partial charge in [-0.05, 0) is 24.1 Å². The molecule has 106 valence electrons. The zero-order valence-electron chi connectivity index (χ0n) is 11.9. The molecule has 0 spiro atoms. The van der Waals surface area contributed by atoms with E-state index in [4.69, 9.17) is 4.74 Å². The van der Waals surface area contributed by atoms with Crippen molar-refractivity contribution in [3.05, 3.63) is 42.1 Å². The van der Waals surface area contributed by atoms with Crippen LogP contribution in [-0.4, -0.2) is 22.8 Å². The second-order valence-corrected chi connectivity index (χ2v) is 5.68. The summed E-state index contributed by atoms with van der Waals surface area (Å²) < 4.78 is 5.75. The fraction of sp³-hybridized carbons (Fsp3) is 0.471. The highest BCUT2D eigenvalue weighted by molar-refractivity contribution is 5.79. The molecule has 0 amide bonds. The lowest BCUT2D eigenvalue weighted by Crippen LogP contribution is -2.38. The Kier molecular flexibility index (Phi) is 3.72. The first-order valence-electron chi connectivity index (χ1n) is 7.40. The number of aliphatic hydroxyl groups is 1. The van der Waals surface area contributed by atoms with E-state index in [-0.39, 0.29) is 6.10 Å². The maximum atomic E-state index is 11.0. The third-order valence-electron chi connectivity index (χ3n) is 4.19. The van der Waals surface area contributed by atoms with Gasteiger partial charge in [-0.2, -0.15) is 0 Å². The smallest absolute Gasteiger partial charge is 0.0943 e. The molecule has 0 saturated carbocycles. The topological polar surface area (TPSA) is 42.4 Å². The van der Waals surface area contributed by atoms with Crippen molar-refractivity contribution in [3.63, 3.8) is 0 Å². The Morgan fingerprint density at radius 2 is 2.30 bits per heavy atom. The number of benzene rings is 1. The molecular weight excluding hydrogens is 250 g/mol. The van der Waals surface area contributed by atoms with Gasteiger partial charge in [0, 0.05) is 24.4 Å². The van der Waals surface area contributed by atoms with E-state index in [9.17, 15) is 5.11 Å². The predicted octanol–water partition coefficient (Wildman–Crippen LogP) is 3.40. The lowest BCUT2D eigenvalue weighted by molar-refractivity contribution is -0.110. The highest BCUT2D eigenvalue weighted by Crippen LogP contribution is 2.36. The largest absolute Gasteiger partial charge is 0.385 e. The molecule has 20 heavy (non-hydrogen) atoms. The van der Waals surface area contributed by atoms with Crippen LogP contribution in [0.5, 0.6) is 0 Å². The summed E-state index contributed by atoms with van der Waals surface area (Å²) in [5, 5.41) is 12.1. The average molecular weight is 271 g/mol. The first-order chi connectivity index (χ1) is 9.71. The number of hydrogen-bond donors (Lipinski definition) is 1. The monoisotopic (exact) mass is 271 g/mol. The zero-order chi connectivity index (χ0) is 14.0. The van der Waals surface area contributed by atoms with Crippen LogP contribution in [0.1, 0.15) is 38.2 Å². The Labute approximate surface area is 119 Å². The number of pyridine rings is 1. The van der Waals surface area contributed by atoms with Crippen LogP contribution in [0.4, 0.5) is 0 Å². The fourth-order valence-corrected chi connectivity index (χ4v) is 3.06. The maximum absolute atomic E-state index is 11.0. The van der Waals surface area contributed by atoms with Gasteiger partial charge in [0.1, 0.15) is 0 Å². The highest BCUT2D eigenvalue weighted by atomic mass is 16.5. The van der Waals surface area contributed by atoms with E-state index >= 15 is 0 Å². The molecule has 2 unspecified atom stereocenters. The van der Waals surface area contributed by atoms with Crippen molar-refractivity contribution in [3.8, 4) is 0 Å². The van der Waals surface area contributed by atoms with Gasteiger partial charge >= 0.3 is 0 Å². The highest BCUT2D eigenvalue weighted by Gasteiger charge is 2.36. The maximum Gasteiger partial charge on any atom is 0.0943 e. The Bertz CT molecular complexity index is 596. The lowest BCUT2D eigenvalue weighted by atomic mass is 9.82. The molecule has 3 heteroatoms.